The third kappa shape index (κ3) is 5.01. The average molecular weight is 533 g/mol. The maximum atomic E-state index is 12.9. The molecule has 0 unspecified atom stereocenters. The summed E-state index contributed by atoms with van der Waals surface area (Å²) in [6.45, 7) is 6.03. The van der Waals surface area contributed by atoms with Crippen LogP contribution in [0.2, 0.25) is 0 Å². The second kappa shape index (κ2) is 10.5. The third-order valence-electron chi connectivity index (χ3n) is 7.70. The van der Waals surface area contributed by atoms with E-state index in [1.165, 1.54) is 5.56 Å². The summed E-state index contributed by atoms with van der Waals surface area (Å²) in [4.78, 5) is 28.6. The lowest BCUT2D eigenvalue weighted by Gasteiger charge is -2.32. The smallest absolute Gasteiger partial charge is 0.269 e. The highest BCUT2D eigenvalue weighted by molar-refractivity contribution is 5.95. The number of hydrogen-bond donors (Lipinski definition) is 1. The van der Waals surface area contributed by atoms with Crippen molar-refractivity contribution in [1.82, 2.24) is 24.1 Å². The zero-order valence-corrected chi connectivity index (χ0v) is 22.7. The molecule has 0 atom stereocenters. The molecule has 3 heterocycles. The van der Waals surface area contributed by atoms with E-state index in [9.17, 15) is 9.59 Å². The van der Waals surface area contributed by atoms with Gasteiger partial charge in [0.15, 0.2) is 5.69 Å². The first-order valence-corrected chi connectivity index (χ1v) is 13.5. The van der Waals surface area contributed by atoms with Crippen LogP contribution in [0, 0.1) is 6.92 Å². The lowest BCUT2D eigenvalue weighted by atomic mass is 10.0. The molecular weight excluding hydrogens is 500 g/mol. The minimum Gasteiger partial charge on any atom is -0.364 e. The lowest BCUT2D eigenvalue weighted by molar-refractivity contribution is 0.0664. The molecule has 40 heavy (non-hydrogen) atoms. The second-order valence-electron chi connectivity index (χ2n) is 10.5. The number of fused-ring (bicyclic) bond motifs is 1. The standard InChI is InChI=1S/C32H32N6O2/c1-22-19-29(31(33)39)34-38(22)28-11-12-30-27(20-28)13-14-37(30)21-23-3-5-24(6-4-23)25-7-9-26(10-8-25)32(40)36-17-15-35(2)16-18-36/h3-14,19-20H,15-18,21H2,1-2H3,(H2,33,39). The van der Waals surface area contributed by atoms with Gasteiger partial charge in [-0.2, -0.15) is 5.10 Å². The van der Waals surface area contributed by atoms with E-state index < -0.39 is 5.91 Å². The number of carbonyl (C=O) groups excluding carboxylic acids is 2. The van der Waals surface area contributed by atoms with Gasteiger partial charge >= 0.3 is 0 Å². The molecular formula is C32H32N6O2. The molecule has 1 aliphatic heterocycles. The van der Waals surface area contributed by atoms with Crippen LogP contribution in [0.1, 0.15) is 32.1 Å². The van der Waals surface area contributed by atoms with E-state index in [-0.39, 0.29) is 11.6 Å². The molecule has 8 heteroatoms. The summed E-state index contributed by atoms with van der Waals surface area (Å²) in [5.74, 6) is -0.426. The second-order valence-corrected chi connectivity index (χ2v) is 10.5. The lowest BCUT2D eigenvalue weighted by Crippen LogP contribution is -2.47. The zero-order valence-electron chi connectivity index (χ0n) is 22.7. The van der Waals surface area contributed by atoms with Gasteiger partial charge in [-0.15, -0.1) is 0 Å². The van der Waals surface area contributed by atoms with E-state index in [4.69, 9.17) is 5.73 Å². The van der Waals surface area contributed by atoms with Crippen molar-refractivity contribution in [3.05, 3.63) is 108 Å². The first-order chi connectivity index (χ1) is 19.4. The van der Waals surface area contributed by atoms with E-state index >= 15 is 0 Å². The predicted octanol–water partition coefficient (Wildman–Crippen LogP) is 4.34. The van der Waals surface area contributed by atoms with Crippen LogP contribution >= 0.6 is 0 Å². The van der Waals surface area contributed by atoms with Gasteiger partial charge in [-0.25, -0.2) is 4.68 Å². The molecule has 1 saturated heterocycles. The highest BCUT2D eigenvalue weighted by atomic mass is 16.2. The van der Waals surface area contributed by atoms with Crippen LogP contribution in [0.4, 0.5) is 0 Å². The Morgan fingerprint density at radius 3 is 2.17 bits per heavy atom. The maximum absolute atomic E-state index is 12.9. The Morgan fingerprint density at radius 2 is 1.52 bits per heavy atom. The van der Waals surface area contributed by atoms with E-state index in [1.54, 1.807) is 10.7 Å². The summed E-state index contributed by atoms with van der Waals surface area (Å²) in [6.07, 6.45) is 2.09. The number of nitrogens with two attached hydrogens (primary N) is 1. The van der Waals surface area contributed by atoms with Gasteiger partial charge in [-0.05, 0) is 73.1 Å². The van der Waals surface area contributed by atoms with Crippen LogP contribution in [0.15, 0.2) is 85.1 Å². The van der Waals surface area contributed by atoms with E-state index in [0.29, 0.717) is 0 Å². The largest absolute Gasteiger partial charge is 0.364 e. The summed E-state index contributed by atoms with van der Waals surface area (Å²) < 4.78 is 3.96. The van der Waals surface area contributed by atoms with Crippen molar-refractivity contribution in [2.75, 3.05) is 33.2 Å². The quantitative estimate of drug-likeness (QED) is 0.352. The Kier molecular flexibility index (Phi) is 6.69. The molecule has 202 valence electrons. The molecule has 3 aromatic carbocycles. The number of nitrogens with zero attached hydrogens (tertiary/aromatic N) is 5. The Labute approximate surface area is 233 Å². The number of aryl methyl sites for hydroxylation is 1. The van der Waals surface area contributed by atoms with Crippen LogP contribution in [0.5, 0.6) is 0 Å². The number of carbonyl (C=O) groups is 2. The van der Waals surface area contributed by atoms with Gasteiger partial charge in [0.2, 0.25) is 0 Å². The van der Waals surface area contributed by atoms with Crippen molar-refractivity contribution >= 4 is 22.7 Å². The van der Waals surface area contributed by atoms with Crippen molar-refractivity contribution in [2.24, 2.45) is 5.73 Å². The number of amides is 2. The molecule has 2 amide bonds. The number of rotatable bonds is 6. The Hall–Kier alpha value is -4.69. The van der Waals surface area contributed by atoms with Crippen molar-refractivity contribution in [2.45, 2.75) is 13.5 Å². The highest BCUT2D eigenvalue weighted by Gasteiger charge is 2.20. The monoisotopic (exact) mass is 532 g/mol. The topological polar surface area (TPSA) is 89.4 Å². The molecule has 5 aromatic rings. The first-order valence-electron chi connectivity index (χ1n) is 13.5. The molecule has 2 N–H and O–H groups in total. The maximum Gasteiger partial charge on any atom is 0.269 e. The van der Waals surface area contributed by atoms with Gasteiger partial charge in [-0.3, -0.25) is 9.59 Å². The van der Waals surface area contributed by atoms with Gasteiger partial charge in [0.25, 0.3) is 11.8 Å². The minimum absolute atomic E-state index is 0.108. The fourth-order valence-corrected chi connectivity index (χ4v) is 5.31. The summed E-state index contributed by atoms with van der Waals surface area (Å²) in [5, 5.41) is 5.44. The van der Waals surface area contributed by atoms with Crippen LogP contribution in [0.25, 0.3) is 27.7 Å². The first kappa shape index (κ1) is 25.6. The van der Waals surface area contributed by atoms with Crippen molar-refractivity contribution in [3.8, 4) is 16.8 Å². The Bertz CT molecular complexity index is 1690. The molecule has 8 nitrogen and oxygen atoms in total. The van der Waals surface area contributed by atoms with Crippen molar-refractivity contribution in [1.29, 1.82) is 0 Å². The molecule has 2 aromatic heterocycles. The van der Waals surface area contributed by atoms with Crippen LogP contribution < -0.4 is 5.73 Å². The fourth-order valence-electron chi connectivity index (χ4n) is 5.31. The summed E-state index contributed by atoms with van der Waals surface area (Å²) in [6, 6.07) is 26.4. The minimum atomic E-state index is -0.534. The van der Waals surface area contributed by atoms with Crippen molar-refractivity contribution < 1.29 is 9.59 Å². The Balaban J connectivity index is 1.15. The van der Waals surface area contributed by atoms with Gasteiger partial charge in [0, 0.05) is 61.1 Å². The molecule has 6 rings (SSSR count). The zero-order chi connectivity index (χ0) is 27.8. The fraction of sp³-hybridized carbons (Fsp3) is 0.219. The van der Waals surface area contributed by atoms with Gasteiger partial charge < -0.3 is 20.1 Å². The molecule has 1 aliphatic rings. The molecule has 0 spiro atoms. The number of likely N-dealkylation sites (N-methyl/N-ethyl adjacent to an activating group) is 1. The normalized spacial score (nSPS) is 14.1. The van der Waals surface area contributed by atoms with Crippen molar-refractivity contribution in [3.63, 3.8) is 0 Å². The van der Waals surface area contributed by atoms with E-state index in [0.717, 1.165) is 71.7 Å². The number of hydrogen-bond acceptors (Lipinski definition) is 4. The highest BCUT2D eigenvalue weighted by Crippen LogP contribution is 2.24. The molecule has 1 fully saturated rings. The third-order valence-corrected chi connectivity index (χ3v) is 7.70. The number of piperazine rings is 1. The van der Waals surface area contributed by atoms with Gasteiger partial charge in [0.1, 0.15) is 0 Å². The van der Waals surface area contributed by atoms with E-state index in [2.05, 4.69) is 70.3 Å². The number of aromatic nitrogens is 3. The summed E-state index contributed by atoms with van der Waals surface area (Å²) >= 11 is 0. The van der Waals surface area contributed by atoms with Crippen LogP contribution in [-0.4, -0.2) is 69.2 Å². The summed E-state index contributed by atoms with van der Waals surface area (Å²) in [5.41, 5.74) is 12.7. The SMILES string of the molecule is Cc1cc(C(N)=O)nn1-c1ccc2c(ccn2Cc2ccc(-c3ccc(C(=O)N4CCN(C)CC4)cc3)cc2)c1. The molecule has 0 bridgehead atoms. The predicted molar refractivity (Wildman–Crippen MR) is 157 cm³/mol. The van der Waals surface area contributed by atoms with Gasteiger partial charge in [0.05, 0.1) is 5.69 Å². The van der Waals surface area contributed by atoms with E-state index in [1.807, 2.05) is 42.2 Å². The van der Waals surface area contributed by atoms with Crippen LogP contribution in [-0.2, 0) is 6.54 Å². The molecule has 0 radical (unpaired) electrons. The number of primary amides is 1. The average Bonchev–Trinajstić information content (AvgIpc) is 3.56. The summed E-state index contributed by atoms with van der Waals surface area (Å²) in [7, 11) is 2.09. The number of benzene rings is 3. The molecule has 0 saturated carbocycles. The molecule has 0 aliphatic carbocycles. The van der Waals surface area contributed by atoms with Gasteiger partial charge in [-0.1, -0.05) is 36.4 Å². The van der Waals surface area contributed by atoms with Crippen LogP contribution in [0.3, 0.4) is 0 Å². The Morgan fingerprint density at radius 1 is 0.850 bits per heavy atom.